The summed E-state index contributed by atoms with van der Waals surface area (Å²) in [7, 11) is 0. The summed E-state index contributed by atoms with van der Waals surface area (Å²) in [5, 5.41) is 6.64. The molecule has 0 saturated heterocycles. The maximum atomic E-state index is 12.3. The molecule has 28 heavy (non-hydrogen) atoms. The lowest BCUT2D eigenvalue weighted by Gasteiger charge is -2.26. The van der Waals surface area contributed by atoms with Gasteiger partial charge >= 0.3 is 11.9 Å². The Morgan fingerprint density at radius 2 is 1.14 bits per heavy atom. The Morgan fingerprint density at radius 1 is 0.750 bits per heavy atom. The lowest BCUT2D eigenvalue weighted by atomic mass is 10.1. The summed E-state index contributed by atoms with van der Waals surface area (Å²) >= 11 is 0. The van der Waals surface area contributed by atoms with E-state index in [0.29, 0.717) is 0 Å². The highest BCUT2D eigenvalue weighted by molar-refractivity contribution is 6.03. The van der Waals surface area contributed by atoms with Gasteiger partial charge in [-0.3, -0.25) is 14.4 Å². The van der Waals surface area contributed by atoms with Gasteiger partial charge in [0.2, 0.25) is 23.8 Å². The first-order chi connectivity index (χ1) is 12.6. The zero-order valence-corrected chi connectivity index (χ0v) is 17.1. The van der Waals surface area contributed by atoms with Crippen molar-refractivity contribution in [2.45, 2.75) is 58.8 Å². The number of nitrogens with one attached hydrogen (secondary N) is 3. The Kier molecular flexibility index (Phi) is 9.58. The van der Waals surface area contributed by atoms with Crippen LogP contribution in [0.1, 0.15) is 41.5 Å². The molecule has 0 aliphatic rings. The van der Waals surface area contributed by atoms with Gasteiger partial charge in [-0.05, 0) is 41.5 Å². The third kappa shape index (κ3) is 11.8. The summed E-state index contributed by atoms with van der Waals surface area (Å²) < 4.78 is 10.3. The van der Waals surface area contributed by atoms with Gasteiger partial charge in [-0.2, -0.15) is 0 Å². The highest BCUT2D eigenvalue weighted by atomic mass is 16.6. The van der Waals surface area contributed by atoms with Crippen molar-refractivity contribution in [1.29, 1.82) is 0 Å². The van der Waals surface area contributed by atoms with Crippen LogP contribution in [0.25, 0.3) is 0 Å². The molecule has 0 aromatic rings. The van der Waals surface area contributed by atoms with E-state index in [0.717, 1.165) is 0 Å². The van der Waals surface area contributed by atoms with Crippen LogP contribution in [0, 0.1) is 0 Å². The number of rotatable bonds is 8. The maximum Gasteiger partial charge on any atom is 0.340 e. The summed E-state index contributed by atoms with van der Waals surface area (Å²) in [5.74, 6) is -3.98. The molecule has 0 heterocycles. The number of esters is 2. The molecule has 0 atom stereocenters. The summed E-state index contributed by atoms with van der Waals surface area (Å²) in [6, 6.07) is -1.69. The molecule has 0 aromatic carbocycles. The first-order valence-corrected chi connectivity index (χ1v) is 8.63. The molecule has 0 fully saturated rings. The number of nitrogens with two attached hydrogens (primary N) is 1. The molecule has 0 rings (SSSR count). The van der Waals surface area contributed by atoms with Crippen molar-refractivity contribution in [3.8, 4) is 0 Å². The van der Waals surface area contributed by atoms with Crippen LogP contribution in [0.15, 0.2) is 0 Å². The second-order valence-corrected chi connectivity index (χ2v) is 7.83. The number of ether oxygens (including phenoxy) is 2. The molecule has 0 unspecified atom stereocenters. The van der Waals surface area contributed by atoms with Gasteiger partial charge in [-0.15, -0.1) is 0 Å². The van der Waals surface area contributed by atoms with E-state index in [1.54, 1.807) is 41.5 Å². The molecule has 3 amide bonds. The topological polar surface area (TPSA) is 166 Å². The van der Waals surface area contributed by atoms with E-state index in [1.165, 1.54) is 0 Å². The summed E-state index contributed by atoms with van der Waals surface area (Å²) in [6.07, 6.45) is 0. The smallest absolute Gasteiger partial charge is 0.340 e. The minimum absolute atomic E-state index is 0.277. The zero-order chi connectivity index (χ0) is 22.1. The van der Waals surface area contributed by atoms with Crippen LogP contribution in [0.5, 0.6) is 0 Å². The van der Waals surface area contributed by atoms with Gasteiger partial charge in [-0.25, -0.2) is 9.59 Å². The summed E-state index contributed by atoms with van der Waals surface area (Å²) in [4.78, 5) is 59.2. The van der Waals surface area contributed by atoms with E-state index in [1.807, 2.05) is 0 Å². The van der Waals surface area contributed by atoms with Gasteiger partial charge in [0.1, 0.15) is 11.2 Å². The molecule has 0 aromatic heterocycles. The Morgan fingerprint density at radius 3 is 1.54 bits per heavy atom. The molecule has 11 nitrogen and oxygen atoms in total. The minimum atomic E-state index is -1.69. The molecule has 0 aliphatic heterocycles. The predicted octanol–water partition coefficient (Wildman–Crippen LogP) is -1.65. The fraction of sp³-hybridized carbons (Fsp3) is 0.706. The van der Waals surface area contributed by atoms with Gasteiger partial charge in [0.15, 0.2) is 0 Å². The highest BCUT2D eigenvalue weighted by Crippen LogP contribution is 2.12. The number of carbonyl (C=O) groups excluding carboxylic acids is 5. The van der Waals surface area contributed by atoms with Crippen molar-refractivity contribution in [3.63, 3.8) is 0 Å². The third-order valence-electron chi connectivity index (χ3n) is 2.67. The normalized spacial score (nSPS) is 11.4. The SMILES string of the molecule is CC(C)(C)OC(=O)C(NC(=O)CNC(=O)CNC(=O)CN)C(=O)OC(C)(C)C. The van der Waals surface area contributed by atoms with E-state index in [2.05, 4.69) is 16.0 Å². The number of hydrogen-bond acceptors (Lipinski definition) is 8. The summed E-state index contributed by atoms with van der Waals surface area (Å²) in [5.41, 5.74) is 3.30. The average molecular weight is 402 g/mol. The van der Waals surface area contributed by atoms with Gasteiger partial charge < -0.3 is 31.2 Å². The molecule has 0 radical (unpaired) electrons. The lowest BCUT2D eigenvalue weighted by Crippen LogP contribution is -2.53. The monoisotopic (exact) mass is 402 g/mol. The molecule has 5 N–H and O–H groups in total. The van der Waals surface area contributed by atoms with E-state index in [9.17, 15) is 24.0 Å². The molecule has 0 aliphatic carbocycles. The largest absolute Gasteiger partial charge is 0.458 e. The first kappa shape index (κ1) is 25.3. The summed E-state index contributed by atoms with van der Waals surface area (Å²) in [6.45, 7) is 8.46. The van der Waals surface area contributed by atoms with Gasteiger partial charge in [0.05, 0.1) is 19.6 Å². The first-order valence-electron chi connectivity index (χ1n) is 8.63. The molecular weight excluding hydrogens is 372 g/mol. The van der Waals surface area contributed by atoms with E-state index < -0.39 is 53.4 Å². The van der Waals surface area contributed by atoms with Gasteiger partial charge in [0, 0.05) is 0 Å². The number of amides is 3. The lowest BCUT2D eigenvalue weighted by molar-refractivity contribution is -0.171. The van der Waals surface area contributed by atoms with Crippen molar-refractivity contribution in [2.24, 2.45) is 5.73 Å². The average Bonchev–Trinajstić information content (AvgIpc) is 2.52. The molecule has 11 heteroatoms. The number of carbonyl (C=O) groups is 5. The quantitative estimate of drug-likeness (QED) is 0.277. The van der Waals surface area contributed by atoms with Crippen molar-refractivity contribution in [3.05, 3.63) is 0 Å². The van der Waals surface area contributed by atoms with Crippen LogP contribution in [0.3, 0.4) is 0 Å². The van der Waals surface area contributed by atoms with E-state index in [-0.39, 0.29) is 13.1 Å². The van der Waals surface area contributed by atoms with Gasteiger partial charge in [-0.1, -0.05) is 0 Å². The molecular formula is C17H30N4O7. The third-order valence-corrected chi connectivity index (χ3v) is 2.67. The van der Waals surface area contributed by atoms with Crippen molar-refractivity contribution >= 4 is 29.7 Å². The fourth-order valence-electron chi connectivity index (χ4n) is 1.64. The van der Waals surface area contributed by atoms with Crippen molar-refractivity contribution in [2.75, 3.05) is 19.6 Å². The van der Waals surface area contributed by atoms with Crippen LogP contribution in [-0.4, -0.2) is 66.5 Å². The Hall–Kier alpha value is -2.69. The second kappa shape index (κ2) is 10.6. The minimum Gasteiger partial charge on any atom is -0.458 e. The fourth-order valence-corrected chi connectivity index (χ4v) is 1.64. The van der Waals surface area contributed by atoms with Crippen molar-refractivity contribution < 1.29 is 33.4 Å². The van der Waals surface area contributed by atoms with E-state index in [4.69, 9.17) is 15.2 Å². The highest BCUT2D eigenvalue weighted by Gasteiger charge is 2.36. The standard InChI is InChI=1S/C17H30N4O7/c1-16(2,3)27-14(25)13(15(26)28-17(4,5)6)21-12(24)9-20-11(23)8-19-10(22)7-18/h13H,7-9,18H2,1-6H3,(H,19,22)(H,20,23)(H,21,24). The van der Waals surface area contributed by atoms with Crippen molar-refractivity contribution in [1.82, 2.24) is 16.0 Å². The van der Waals surface area contributed by atoms with Crippen LogP contribution in [0.2, 0.25) is 0 Å². The molecule has 0 spiro atoms. The van der Waals surface area contributed by atoms with E-state index >= 15 is 0 Å². The van der Waals surface area contributed by atoms with Crippen LogP contribution >= 0.6 is 0 Å². The van der Waals surface area contributed by atoms with Crippen LogP contribution < -0.4 is 21.7 Å². The molecule has 160 valence electrons. The van der Waals surface area contributed by atoms with Crippen LogP contribution in [0.4, 0.5) is 0 Å². The zero-order valence-electron chi connectivity index (χ0n) is 17.1. The Labute approximate surface area is 164 Å². The second-order valence-electron chi connectivity index (χ2n) is 7.83. The van der Waals surface area contributed by atoms with Crippen LogP contribution in [-0.2, 0) is 33.4 Å². The van der Waals surface area contributed by atoms with Gasteiger partial charge in [0.25, 0.3) is 0 Å². The predicted molar refractivity (Wildman–Crippen MR) is 98.7 cm³/mol. The number of hydrogen-bond donors (Lipinski definition) is 4. The maximum absolute atomic E-state index is 12.3. The molecule has 0 bridgehead atoms. The Bertz CT molecular complexity index is 578. The molecule has 0 saturated carbocycles. The Balaban J connectivity index is 4.90.